The summed E-state index contributed by atoms with van der Waals surface area (Å²) < 4.78 is 1.82. The van der Waals surface area contributed by atoms with Gasteiger partial charge >= 0.3 is 0 Å². The summed E-state index contributed by atoms with van der Waals surface area (Å²) in [5.74, 6) is 0.270. The fraction of sp³-hybridized carbons (Fsp3) is 0.375. The third kappa shape index (κ3) is 3.84. The van der Waals surface area contributed by atoms with E-state index in [1.54, 1.807) is 40.1 Å². The van der Waals surface area contributed by atoms with Crippen LogP contribution in [0.1, 0.15) is 63.4 Å². The Hall–Kier alpha value is -4.35. The van der Waals surface area contributed by atoms with E-state index in [1.807, 2.05) is 11.6 Å². The van der Waals surface area contributed by atoms with Gasteiger partial charge in [0.15, 0.2) is 11.5 Å². The molecule has 1 aromatic carbocycles. The van der Waals surface area contributed by atoms with Crippen LogP contribution in [0.3, 0.4) is 0 Å². The van der Waals surface area contributed by atoms with Crippen molar-refractivity contribution in [3.8, 4) is 5.75 Å². The lowest BCUT2D eigenvalue weighted by molar-refractivity contribution is 0.0722. The number of benzene rings is 1. The van der Waals surface area contributed by atoms with E-state index in [0.717, 1.165) is 24.2 Å². The number of pyridine rings is 1. The molecule has 0 spiro atoms. The molecule has 1 fully saturated rings. The van der Waals surface area contributed by atoms with E-state index < -0.39 is 0 Å². The zero-order chi connectivity index (χ0) is 24.8. The molecule has 0 aliphatic carbocycles. The highest BCUT2D eigenvalue weighted by Gasteiger charge is 2.35. The number of hydrogen-bond acceptors (Lipinski definition) is 8. The molecule has 4 aromatic rings. The Morgan fingerprint density at radius 3 is 2.81 bits per heavy atom. The van der Waals surface area contributed by atoms with E-state index >= 15 is 0 Å². The van der Waals surface area contributed by atoms with Crippen LogP contribution in [0.2, 0.25) is 0 Å². The highest BCUT2D eigenvalue weighted by atomic mass is 16.3. The first-order chi connectivity index (χ1) is 17.5. The van der Waals surface area contributed by atoms with Crippen molar-refractivity contribution in [3.63, 3.8) is 0 Å². The summed E-state index contributed by atoms with van der Waals surface area (Å²) >= 11 is 0. The standard InChI is InChI=1S/C24H25N9O3/c1-14-10-18(17-12-16(34)5-6-19(17)25-14)23(35)31-7-3-9-33-15(13-31)11-20(28-33)24(36)32-8-2-4-21(32)22-26-29-30-27-22/h5-6,10-12,21,34H,2-4,7-9,13H2,1H3,(H,26,27,29,30)/t21-/m0/s1. The summed E-state index contributed by atoms with van der Waals surface area (Å²) in [5, 5.41) is 29.4. The Kier molecular flexibility index (Phi) is 5.35. The van der Waals surface area contributed by atoms with E-state index in [-0.39, 0.29) is 23.6 Å². The molecule has 1 atom stereocenters. The first-order valence-corrected chi connectivity index (χ1v) is 12.0. The molecule has 36 heavy (non-hydrogen) atoms. The number of likely N-dealkylation sites (tertiary alicyclic amines) is 1. The predicted molar refractivity (Wildman–Crippen MR) is 127 cm³/mol. The maximum Gasteiger partial charge on any atom is 0.274 e. The van der Waals surface area contributed by atoms with Crippen molar-refractivity contribution < 1.29 is 14.7 Å². The molecule has 2 amide bonds. The Morgan fingerprint density at radius 1 is 1.08 bits per heavy atom. The number of H-pyrrole nitrogens is 1. The van der Waals surface area contributed by atoms with Crippen molar-refractivity contribution in [2.24, 2.45) is 0 Å². The number of nitrogens with one attached hydrogen (secondary N) is 1. The fourth-order valence-electron chi connectivity index (χ4n) is 5.17. The van der Waals surface area contributed by atoms with Crippen LogP contribution in [0.25, 0.3) is 10.9 Å². The van der Waals surface area contributed by atoms with Crippen molar-refractivity contribution in [2.75, 3.05) is 13.1 Å². The van der Waals surface area contributed by atoms with Crippen molar-refractivity contribution in [2.45, 2.75) is 45.3 Å². The summed E-state index contributed by atoms with van der Waals surface area (Å²) in [5.41, 5.74) is 3.04. The maximum absolute atomic E-state index is 13.7. The number of fused-ring (bicyclic) bond motifs is 2. The first-order valence-electron chi connectivity index (χ1n) is 12.0. The average molecular weight is 488 g/mol. The molecule has 2 aliphatic rings. The summed E-state index contributed by atoms with van der Waals surface area (Å²) in [4.78, 5) is 35.0. The molecule has 2 aliphatic heterocycles. The molecule has 1 saturated heterocycles. The van der Waals surface area contributed by atoms with Crippen LogP contribution in [-0.2, 0) is 13.1 Å². The number of carbonyl (C=O) groups is 2. The highest BCUT2D eigenvalue weighted by Crippen LogP contribution is 2.31. The van der Waals surface area contributed by atoms with E-state index in [9.17, 15) is 14.7 Å². The van der Waals surface area contributed by atoms with Gasteiger partial charge in [-0.3, -0.25) is 19.3 Å². The van der Waals surface area contributed by atoms with Gasteiger partial charge in [0, 0.05) is 30.7 Å². The highest BCUT2D eigenvalue weighted by molar-refractivity contribution is 6.06. The van der Waals surface area contributed by atoms with Crippen LogP contribution < -0.4 is 0 Å². The molecular formula is C24H25N9O3. The number of phenolic OH excluding ortho intramolecular Hbond substituents is 1. The van der Waals surface area contributed by atoms with Crippen LogP contribution in [0, 0.1) is 6.92 Å². The van der Waals surface area contributed by atoms with Gasteiger partial charge in [-0.25, -0.2) is 0 Å². The van der Waals surface area contributed by atoms with E-state index in [0.29, 0.717) is 60.6 Å². The molecule has 0 bridgehead atoms. The predicted octanol–water partition coefficient (Wildman–Crippen LogP) is 1.98. The number of carbonyl (C=O) groups excluding carboxylic acids is 2. The Labute approximate surface area is 205 Å². The average Bonchev–Trinajstić information content (AvgIpc) is 3.62. The van der Waals surface area contributed by atoms with Crippen LogP contribution in [0.5, 0.6) is 5.75 Å². The lowest BCUT2D eigenvalue weighted by atomic mass is 10.1. The number of nitrogens with zero attached hydrogens (tertiary/aromatic N) is 8. The monoisotopic (exact) mass is 487 g/mol. The molecule has 2 N–H and O–H groups in total. The molecule has 3 aromatic heterocycles. The number of aromatic hydroxyl groups is 1. The van der Waals surface area contributed by atoms with Crippen molar-refractivity contribution in [3.05, 3.63) is 58.8 Å². The van der Waals surface area contributed by atoms with Crippen molar-refractivity contribution >= 4 is 22.7 Å². The van der Waals surface area contributed by atoms with E-state index in [1.165, 1.54) is 0 Å². The van der Waals surface area contributed by atoms with Crippen LogP contribution in [0.15, 0.2) is 30.3 Å². The second-order valence-corrected chi connectivity index (χ2v) is 9.26. The largest absolute Gasteiger partial charge is 0.508 e. The first kappa shape index (κ1) is 22.1. The summed E-state index contributed by atoms with van der Waals surface area (Å²) in [6.45, 7) is 3.94. The number of tetrazole rings is 1. The number of aromatic amines is 1. The summed E-state index contributed by atoms with van der Waals surface area (Å²) in [7, 11) is 0. The minimum Gasteiger partial charge on any atom is -0.508 e. The van der Waals surface area contributed by atoms with Gasteiger partial charge in [-0.15, -0.1) is 10.2 Å². The third-order valence-electron chi connectivity index (χ3n) is 6.84. The fourth-order valence-corrected chi connectivity index (χ4v) is 5.17. The van der Waals surface area contributed by atoms with Crippen molar-refractivity contribution in [1.29, 1.82) is 0 Å². The van der Waals surface area contributed by atoms with Crippen LogP contribution in [0.4, 0.5) is 0 Å². The molecule has 5 heterocycles. The molecule has 0 radical (unpaired) electrons. The molecule has 12 heteroatoms. The third-order valence-corrected chi connectivity index (χ3v) is 6.84. The zero-order valence-corrected chi connectivity index (χ0v) is 19.8. The van der Waals surface area contributed by atoms with Gasteiger partial charge in [0.25, 0.3) is 11.8 Å². The summed E-state index contributed by atoms with van der Waals surface area (Å²) in [6.07, 6.45) is 2.34. The van der Waals surface area contributed by atoms with Crippen LogP contribution in [-0.4, -0.2) is 75.2 Å². The Balaban J connectivity index is 1.27. The smallest absolute Gasteiger partial charge is 0.274 e. The minimum absolute atomic E-state index is 0.0836. The number of amides is 2. The molecule has 6 rings (SSSR count). The van der Waals surface area contributed by atoms with E-state index in [4.69, 9.17) is 0 Å². The van der Waals surface area contributed by atoms with Crippen molar-refractivity contribution in [1.82, 2.24) is 45.2 Å². The SMILES string of the molecule is Cc1cc(C(=O)N2CCCn3nc(C(=O)N4CCC[C@H]4c4nn[nH]n4)cc3C2)c2cc(O)ccc2n1. The second kappa shape index (κ2) is 8.70. The number of rotatable bonds is 3. The molecule has 0 saturated carbocycles. The zero-order valence-electron chi connectivity index (χ0n) is 19.8. The normalized spacial score (nSPS) is 17.9. The molecule has 184 valence electrons. The van der Waals surface area contributed by atoms with Gasteiger partial charge in [-0.05, 0) is 56.5 Å². The lowest BCUT2D eigenvalue weighted by Crippen LogP contribution is -2.32. The molecule has 12 nitrogen and oxygen atoms in total. The number of phenols is 1. The number of hydrogen-bond donors (Lipinski definition) is 2. The maximum atomic E-state index is 13.7. The Morgan fingerprint density at radius 2 is 1.97 bits per heavy atom. The second-order valence-electron chi connectivity index (χ2n) is 9.26. The molecular weight excluding hydrogens is 462 g/mol. The summed E-state index contributed by atoms with van der Waals surface area (Å²) in [6, 6.07) is 8.16. The van der Waals surface area contributed by atoms with Gasteiger partial charge in [0.1, 0.15) is 5.75 Å². The van der Waals surface area contributed by atoms with Gasteiger partial charge < -0.3 is 14.9 Å². The topological polar surface area (TPSA) is 146 Å². The number of aromatic nitrogens is 7. The molecule has 0 unspecified atom stereocenters. The van der Waals surface area contributed by atoms with Gasteiger partial charge in [0.05, 0.1) is 29.4 Å². The van der Waals surface area contributed by atoms with Gasteiger partial charge in [0.2, 0.25) is 0 Å². The van der Waals surface area contributed by atoms with Crippen LogP contribution >= 0.6 is 0 Å². The van der Waals surface area contributed by atoms with Gasteiger partial charge in [-0.2, -0.15) is 10.3 Å². The lowest BCUT2D eigenvalue weighted by Gasteiger charge is -2.21. The number of aryl methyl sites for hydroxylation is 2. The Bertz CT molecular complexity index is 1460. The quantitative estimate of drug-likeness (QED) is 0.446. The minimum atomic E-state index is -0.226. The van der Waals surface area contributed by atoms with Gasteiger partial charge in [-0.1, -0.05) is 5.21 Å². The van der Waals surface area contributed by atoms with E-state index in [2.05, 4.69) is 30.7 Å².